The summed E-state index contributed by atoms with van der Waals surface area (Å²) in [5.41, 5.74) is 1.80. The van der Waals surface area contributed by atoms with Gasteiger partial charge in [0.15, 0.2) is 5.82 Å². The highest BCUT2D eigenvalue weighted by molar-refractivity contribution is 5.72. The molecular formula is C26H27FN4O2. The molecule has 1 aromatic carbocycles. The Morgan fingerprint density at radius 2 is 1.67 bits per heavy atom. The second-order valence-electron chi connectivity index (χ2n) is 9.38. The van der Waals surface area contributed by atoms with Gasteiger partial charge in [-0.2, -0.15) is 4.39 Å². The number of rotatable bonds is 4. The van der Waals surface area contributed by atoms with Crippen molar-refractivity contribution in [2.45, 2.75) is 63.1 Å². The zero-order valence-electron chi connectivity index (χ0n) is 18.8. The van der Waals surface area contributed by atoms with Gasteiger partial charge in [-0.15, -0.1) is 0 Å². The normalized spacial score (nSPS) is 24.5. The number of nitrogens with zero attached hydrogens (tertiary/aromatic N) is 4. The highest BCUT2D eigenvalue weighted by atomic mass is 19.1. The number of carbonyl (C=O) groups excluding carboxylic acids is 1. The van der Waals surface area contributed by atoms with E-state index in [4.69, 9.17) is 4.74 Å². The Hall–Kier alpha value is -3.35. The SMILES string of the molecule is CC1(C)OC(=O)N(C2CCC(c3cnc(F)c(-c4ncccn4)c3)CC2)C1c1ccccc1. The second-order valence-corrected chi connectivity index (χ2v) is 9.38. The van der Waals surface area contributed by atoms with Crippen LogP contribution < -0.4 is 0 Å². The first-order chi connectivity index (χ1) is 15.9. The van der Waals surface area contributed by atoms with Gasteiger partial charge in [-0.25, -0.2) is 19.7 Å². The molecule has 2 fully saturated rings. The van der Waals surface area contributed by atoms with Crippen LogP contribution in [0, 0.1) is 5.95 Å². The number of benzene rings is 1. The Labute approximate surface area is 192 Å². The molecule has 2 aliphatic rings. The third-order valence-electron chi connectivity index (χ3n) is 6.84. The number of amides is 1. The predicted molar refractivity (Wildman–Crippen MR) is 122 cm³/mol. The van der Waals surface area contributed by atoms with Crippen LogP contribution in [0.5, 0.6) is 0 Å². The van der Waals surface area contributed by atoms with Gasteiger partial charge in [0, 0.05) is 24.6 Å². The van der Waals surface area contributed by atoms with Crippen LogP contribution in [0.1, 0.15) is 62.6 Å². The van der Waals surface area contributed by atoms with E-state index < -0.39 is 11.5 Å². The lowest BCUT2D eigenvalue weighted by Crippen LogP contribution is -2.42. The van der Waals surface area contributed by atoms with Crippen LogP contribution in [-0.2, 0) is 4.74 Å². The van der Waals surface area contributed by atoms with E-state index in [2.05, 4.69) is 27.1 Å². The summed E-state index contributed by atoms with van der Waals surface area (Å²) in [5, 5.41) is 0. The third kappa shape index (κ3) is 4.08. The molecule has 7 heteroatoms. The van der Waals surface area contributed by atoms with Crippen molar-refractivity contribution >= 4 is 6.09 Å². The van der Waals surface area contributed by atoms with E-state index in [-0.39, 0.29) is 24.1 Å². The van der Waals surface area contributed by atoms with Gasteiger partial charge in [-0.1, -0.05) is 30.3 Å². The average molecular weight is 447 g/mol. The smallest absolute Gasteiger partial charge is 0.411 e. The Bertz CT molecular complexity index is 1130. The van der Waals surface area contributed by atoms with Gasteiger partial charge in [0.1, 0.15) is 5.60 Å². The van der Waals surface area contributed by atoms with Crippen molar-refractivity contribution in [3.05, 3.63) is 78.1 Å². The van der Waals surface area contributed by atoms with Crippen molar-refractivity contribution in [2.24, 2.45) is 0 Å². The molecule has 1 atom stereocenters. The molecule has 3 aromatic rings. The summed E-state index contributed by atoms with van der Waals surface area (Å²) in [6, 6.07) is 13.6. The van der Waals surface area contributed by atoms with Gasteiger partial charge in [0.25, 0.3) is 0 Å². The summed E-state index contributed by atoms with van der Waals surface area (Å²) in [4.78, 5) is 27.2. The molecule has 1 saturated carbocycles. The van der Waals surface area contributed by atoms with Crippen LogP contribution >= 0.6 is 0 Å². The lowest BCUT2D eigenvalue weighted by molar-refractivity contribution is 0.0664. The summed E-state index contributed by atoms with van der Waals surface area (Å²) in [6.45, 7) is 3.96. The van der Waals surface area contributed by atoms with Gasteiger partial charge >= 0.3 is 6.09 Å². The van der Waals surface area contributed by atoms with Crippen molar-refractivity contribution in [3.8, 4) is 11.4 Å². The first kappa shape index (κ1) is 21.5. The van der Waals surface area contributed by atoms with E-state index in [0.717, 1.165) is 36.8 Å². The molecule has 1 unspecified atom stereocenters. The molecule has 5 rings (SSSR count). The maximum Gasteiger partial charge on any atom is 0.411 e. The Morgan fingerprint density at radius 1 is 0.970 bits per heavy atom. The van der Waals surface area contributed by atoms with Crippen molar-refractivity contribution in [3.63, 3.8) is 0 Å². The first-order valence-corrected chi connectivity index (χ1v) is 11.4. The van der Waals surface area contributed by atoms with Crippen LogP contribution in [0.4, 0.5) is 9.18 Å². The minimum absolute atomic E-state index is 0.103. The van der Waals surface area contributed by atoms with Crippen LogP contribution in [0.15, 0.2) is 61.1 Å². The van der Waals surface area contributed by atoms with Gasteiger partial charge in [0.05, 0.1) is 11.6 Å². The number of cyclic esters (lactones) is 1. The van der Waals surface area contributed by atoms with Gasteiger partial charge < -0.3 is 4.74 Å². The topological polar surface area (TPSA) is 68.2 Å². The molecule has 170 valence electrons. The molecule has 3 heterocycles. The van der Waals surface area contributed by atoms with E-state index in [1.165, 1.54) is 0 Å². The lowest BCUT2D eigenvalue weighted by atomic mass is 9.80. The number of hydrogen-bond donors (Lipinski definition) is 0. The molecule has 1 amide bonds. The molecule has 0 N–H and O–H groups in total. The van der Waals surface area contributed by atoms with Crippen molar-refractivity contribution in [2.75, 3.05) is 0 Å². The molecule has 0 radical (unpaired) electrons. The summed E-state index contributed by atoms with van der Waals surface area (Å²) < 4.78 is 20.2. The maximum absolute atomic E-state index is 14.4. The molecule has 1 aliphatic heterocycles. The molecule has 6 nitrogen and oxygen atoms in total. The minimum Gasteiger partial charge on any atom is -0.441 e. The van der Waals surface area contributed by atoms with Crippen molar-refractivity contribution in [1.29, 1.82) is 0 Å². The second kappa shape index (κ2) is 8.54. The maximum atomic E-state index is 14.4. The molecule has 2 aromatic heterocycles. The molecule has 33 heavy (non-hydrogen) atoms. The van der Waals surface area contributed by atoms with Crippen LogP contribution in [0.3, 0.4) is 0 Å². The van der Waals surface area contributed by atoms with Gasteiger partial charge in [0.2, 0.25) is 5.95 Å². The number of pyridine rings is 1. The third-order valence-corrected chi connectivity index (χ3v) is 6.84. The number of aromatic nitrogens is 3. The van der Waals surface area contributed by atoms with Crippen LogP contribution in [0.25, 0.3) is 11.4 Å². The summed E-state index contributed by atoms with van der Waals surface area (Å²) in [6.07, 6.45) is 8.05. The zero-order valence-corrected chi connectivity index (χ0v) is 18.8. The molecule has 0 spiro atoms. The number of ether oxygens (including phenoxy) is 1. The van der Waals surface area contributed by atoms with Gasteiger partial charge in [-0.3, -0.25) is 4.90 Å². The van der Waals surface area contributed by atoms with Crippen molar-refractivity contribution in [1.82, 2.24) is 19.9 Å². The Balaban J connectivity index is 1.35. The molecule has 0 bridgehead atoms. The predicted octanol–water partition coefficient (Wildman–Crippen LogP) is 5.68. The Kier molecular flexibility index (Phi) is 5.56. The van der Waals surface area contributed by atoms with E-state index in [1.807, 2.05) is 43.0 Å². The first-order valence-electron chi connectivity index (χ1n) is 11.4. The quantitative estimate of drug-likeness (QED) is 0.483. The van der Waals surface area contributed by atoms with E-state index in [9.17, 15) is 9.18 Å². The fraction of sp³-hybridized carbons (Fsp3) is 0.385. The Morgan fingerprint density at radius 3 is 2.36 bits per heavy atom. The standard InChI is InChI=1S/C26H27FN4O2/c1-26(2)22(18-7-4-3-5-8-18)31(25(32)33-26)20-11-9-17(10-12-20)19-15-21(23(27)30-16-19)24-28-13-6-14-29-24/h3-8,13-17,20,22H,9-12H2,1-2H3. The summed E-state index contributed by atoms with van der Waals surface area (Å²) in [7, 11) is 0. The lowest BCUT2D eigenvalue weighted by Gasteiger charge is -2.38. The molecule has 1 aliphatic carbocycles. The zero-order chi connectivity index (χ0) is 23.0. The minimum atomic E-state index is -0.596. The van der Waals surface area contributed by atoms with E-state index in [0.29, 0.717) is 11.4 Å². The monoisotopic (exact) mass is 446 g/mol. The van der Waals surface area contributed by atoms with Crippen LogP contribution in [-0.4, -0.2) is 37.6 Å². The fourth-order valence-electron chi connectivity index (χ4n) is 5.30. The number of hydrogen-bond acceptors (Lipinski definition) is 5. The van der Waals surface area contributed by atoms with E-state index in [1.54, 1.807) is 24.7 Å². The number of carbonyl (C=O) groups is 1. The summed E-state index contributed by atoms with van der Waals surface area (Å²) in [5.74, 6) is 0.0239. The average Bonchev–Trinajstić information content (AvgIpc) is 3.08. The number of halogens is 1. The van der Waals surface area contributed by atoms with Crippen molar-refractivity contribution < 1.29 is 13.9 Å². The highest BCUT2D eigenvalue weighted by Crippen LogP contribution is 2.46. The molecular weight excluding hydrogens is 419 g/mol. The highest BCUT2D eigenvalue weighted by Gasteiger charge is 2.51. The van der Waals surface area contributed by atoms with E-state index >= 15 is 0 Å². The fourth-order valence-corrected chi connectivity index (χ4v) is 5.30. The molecule has 1 saturated heterocycles. The van der Waals surface area contributed by atoms with Crippen LogP contribution in [0.2, 0.25) is 0 Å². The summed E-state index contributed by atoms with van der Waals surface area (Å²) >= 11 is 0. The largest absolute Gasteiger partial charge is 0.441 e. The van der Waals surface area contributed by atoms with Gasteiger partial charge in [-0.05, 0) is 68.7 Å².